The van der Waals surface area contributed by atoms with E-state index in [0.29, 0.717) is 54.9 Å². The SMILES string of the molecule is CCc1cc(C[C@@H](CC(=O)N2CCC(N3Cc4cscc4NC3=O)CC2)C(=O)N2CCC(N3CC4CC3CN4C)CC2)cc(Cl)c1N. The van der Waals surface area contributed by atoms with Crippen molar-refractivity contribution in [3.63, 3.8) is 0 Å². The molecule has 3 N–H and O–H groups in total. The van der Waals surface area contributed by atoms with E-state index in [9.17, 15) is 14.4 Å². The lowest BCUT2D eigenvalue weighted by molar-refractivity contribution is -0.143. The van der Waals surface area contributed by atoms with E-state index in [0.717, 1.165) is 80.7 Å². The highest BCUT2D eigenvalue weighted by atomic mass is 35.5. The molecule has 1 aromatic carbocycles. The third-order valence-corrected chi connectivity index (χ3v) is 12.7. The van der Waals surface area contributed by atoms with E-state index in [-0.39, 0.29) is 30.3 Å². The topological polar surface area (TPSA) is 105 Å². The van der Waals surface area contributed by atoms with E-state index in [1.807, 2.05) is 39.1 Å². The van der Waals surface area contributed by atoms with Crippen LogP contribution in [0.4, 0.5) is 16.2 Å². The lowest BCUT2D eigenvalue weighted by Gasteiger charge is -2.42. The second kappa shape index (κ2) is 13.6. The van der Waals surface area contributed by atoms with Crippen molar-refractivity contribution >= 4 is 52.2 Å². The zero-order chi connectivity index (χ0) is 32.8. The fourth-order valence-electron chi connectivity index (χ4n) is 8.76. The van der Waals surface area contributed by atoms with Crippen LogP contribution in [0.2, 0.25) is 5.02 Å². The molecule has 0 saturated carbocycles. The number of hydrogen-bond acceptors (Lipinski definition) is 7. The van der Waals surface area contributed by atoms with Crippen LogP contribution >= 0.6 is 22.9 Å². The second-order valence-corrected chi connectivity index (χ2v) is 15.5. The summed E-state index contributed by atoms with van der Waals surface area (Å²) in [5.41, 5.74) is 10.8. The zero-order valence-corrected chi connectivity index (χ0v) is 29.2. The number of amides is 4. The minimum Gasteiger partial charge on any atom is -0.397 e. The Kier molecular flexibility index (Phi) is 9.43. The van der Waals surface area contributed by atoms with Gasteiger partial charge in [-0.05, 0) is 74.6 Å². The molecular formula is C35H48ClN7O3S. The number of urea groups is 1. The summed E-state index contributed by atoms with van der Waals surface area (Å²) in [6.07, 6.45) is 6.05. The maximum atomic E-state index is 14.2. The predicted octanol–water partition coefficient (Wildman–Crippen LogP) is 4.51. The first-order chi connectivity index (χ1) is 22.7. The number of benzene rings is 1. The molecule has 2 unspecified atom stereocenters. The van der Waals surface area contributed by atoms with Gasteiger partial charge in [0.1, 0.15) is 0 Å². The summed E-state index contributed by atoms with van der Waals surface area (Å²) in [5, 5.41) is 7.58. The Morgan fingerprint density at radius 3 is 2.40 bits per heavy atom. The van der Waals surface area contributed by atoms with Crippen LogP contribution in [-0.2, 0) is 29.0 Å². The Labute approximate surface area is 287 Å². The van der Waals surface area contributed by atoms with Gasteiger partial charge in [0.25, 0.3) is 0 Å². The Bertz CT molecular complexity index is 1500. The number of aryl methyl sites for hydroxylation is 1. The molecule has 254 valence electrons. The van der Waals surface area contributed by atoms with Gasteiger partial charge in [-0.25, -0.2) is 4.79 Å². The molecule has 4 saturated heterocycles. The number of carbonyl (C=O) groups is 3. The van der Waals surface area contributed by atoms with Crippen LogP contribution < -0.4 is 11.1 Å². The van der Waals surface area contributed by atoms with Crippen LogP contribution in [0.5, 0.6) is 0 Å². The first-order valence-corrected chi connectivity index (χ1v) is 18.7. The number of nitrogens with zero attached hydrogens (tertiary/aromatic N) is 5. The predicted molar refractivity (Wildman–Crippen MR) is 187 cm³/mol. The van der Waals surface area contributed by atoms with Crippen molar-refractivity contribution < 1.29 is 14.4 Å². The molecule has 5 aliphatic heterocycles. The normalized spacial score (nSPS) is 24.9. The van der Waals surface area contributed by atoms with Gasteiger partial charge in [0.15, 0.2) is 0 Å². The number of fused-ring (bicyclic) bond motifs is 3. The van der Waals surface area contributed by atoms with Crippen molar-refractivity contribution in [2.24, 2.45) is 5.92 Å². The van der Waals surface area contributed by atoms with E-state index in [1.54, 1.807) is 11.3 Å². The maximum absolute atomic E-state index is 14.2. The standard InChI is InChI=1S/C35H48ClN7O3S/c1-3-23-12-22(14-30(36)33(23)37)13-24(34(45)41-10-6-26(7-11-41)42-19-28-16-29(42)18-39(28)2)15-32(44)40-8-4-27(5-9-40)43-17-25-20-47-21-31(25)38-35(43)46/h12,14,20-21,24,26-29H,3-11,13,15-19,37H2,1-2H3,(H,38,46)/t24-,28?,29?/m0/s1. The molecule has 4 amide bonds. The summed E-state index contributed by atoms with van der Waals surface area (Å²) in [5.74, 6) is -0.395. The summed E-state index contributed by atoms with van der Waals surface area (Å²) in [7, 11) is 2.23. The number of nitrogens with two attached hydrogens (primary N) is 1. The number of hydrogen-bond donors (Lipinski definition) is 2. The summed E-state index contributed by atoms with van der Waals surface area (Å²) in [6.45, 7) is 7.57. The highest BCUT2D eigenvalue weighted by Crippen LogP contribution is 2.35. The number of halogens is 1. The minimum atomic E-state index is -0.470. The molecule has 2 aromatic rings. The number of rotatable bonds is 8. The molecule has 0 spiro atoms. The average molecular weight is 682 g/mol. The maximum Gasteiger partial charge on any atom is 0.322 e. The first kappa shape index (κ1) is 32.7. The van der Waals surface area contributed by atoms with Crippen LogP contribution in [0, 0.1) is 5.92 Å². The first-order valence-electron chi connectivity index (χ1n) is 17.4. The van der Waals surface area contributed by atoms with Gasteiger partial charge in [0, 0.05) is 80.8 Å². The molecule has 0 aliphatic carbocycles. The molecule has 0 radical (unpaired) electrons. The molecule has 12 heteroatoms. The van der Waals surface area contributed by atoms with Gasteiger partial charge in [-0.1, -0.05) is 24.6 Å². The van der Waals surface area contributed by atoms with Gasteiger partial charge >= 0.3 is 6.03 Å². The van der Waals surface area contributed by atoms with Crippen molar-refractivity contribution in [2.45, 2.75) is 89.0 Å². The van der Waals surface area contributed by atoms with Gasteiger partial charge in [-0.3, -0.25) is 14.5 Å². The minimum absolute atomic E-state index is 0.00868. The highest BCUT2D eigenvalue weighted by Gasteiger charge is 2.45. The van der Waals surface area contributed by atoms with Crippen LogP contribution in [0.25, 0.3) is 0 Å². The van der Waals surface area contributed by atoms with Crippen molar-refractivity contribution in [1.29, 1.82) is 0 Å². The number of piperidine rings is 2. The van der Waals surface area contributed by atoms with Gasteiger partial charge in [0.2, 0.25) is 11.8 Å². The van der Waals surface area contributed by atoms with Crippen LogP contribution in [0.15, 0.2) is 22.9 Å². The summed E-state index contributed by atoms with van der Waals surface area (Å²) in [4.78, 5) is 51.9. The van der Waals surface area contributed by atoms with Gasteiger partial charge < -0.3 is 30.7 Å². The monoisotopic (exact) mass is 681 g/mol. The average Bonchev–Trinajstić information content (AvgIpc) is 3.81. The number of piperazine rings is 1. The van der Waals surface area contributed by atoms with Gasteiger partial charge in [-0.15, -0.1) is 11.3 Å². The third kappa shape index (κ3) is 6.60. The number of thiophene rings is 1. The fourth-order valence-corrected chi connectivity index (χ4v) is 9.80. The smallest absolute Gasteiger partial charge is 0.322 e. The number of nitrogens with one attached hydrogen (secondary N) is 1. The van der Waals surface area contributed by atoms with Crippen molar-refractivity contribution in [1.82, 2.24) is 24.5 Å². The number of nitrogen functional groups attached to an aromatic ring is 1. The summed E-state index contributed by atoms with van der Waals surface area (Å²) in [6, 6.07) is 5.78. The van der Waals surface area contributed by atoms with Crippen LogP contribution in [0.3, 0.4) is 0 Å². The molecule has 47 heavy (non-hydrogen) atoms. The van der Waals surface area contributed by atoms with Crippen LogP contribution in [-0.4, -0.2) is 113 Å². The van der Waals surface area contributed by atoms with Crippen molar-refractivity contribution in [2.75, 3.05) is 57.4 Å². The Balaban J connectivity index is 1.00. The summed E-state index contributed by atoms with van der Waals surface area (Å²) < 4.78 is 0. The molecule has 2 bridgehead atoms. The molecule has 7 rings (SSSR count). The lowest BCUT2D eigenvalue weighted by Crippen LogP contribution is -2.54. The van der Waals surface area contributed by atoms with E-state index in [1.165, 1.54) is 6.42 Å². The highest BCUT2D eigenvalue weighted by molar-refractivity contribution is 7.08. The third-order valence-electron chi connectivity index (χ3n) is 11.6. The fraction of sp³-hybridized carbons (Fsp3) is 0.629. The van der Waals surface area contributed by atoms with E-state index in [4.69, 9.17) is 17.3 Å². The number of anilines is 2. The molecule has 3 atom stereocenters. The van der Waals surface area contributed by atoms with Gasteiger partial charge in [0.05, 0.1) is 28.9 Å². The van der Waals surface area contributed by atoms with E-state index >= 15 is 0 Å². The summed E-state index contributed by atoms with van der Waals surface area (Å²) >= 11 is 8.12. The molecule has 4 fully saturated rings. The number of likely N-dealkylation sites (N-methyl/N-ethyl adjacent to an activating group) is 1. The van der Waals surface area contributed by atoms with Crippen molar-refractivity contribution in [3.8, 4) is 0 Å². The largest absolute Gasteiger partial charge is 0.397 e. The van der Waals surface area contributed by atoms with E-state index in [2.05, 4.69) is 27.5 Å². The number of likely N-dealkylation sites (tertiary alicyclic amines) is 4. The van der Waals surface area contributed by atoms with Crippen LogP contribution in [0.1, 0.15) is 62.1 Å². The molecule has 10 nitrogen and oxygen atoms in total. The molecule has 5 aliphatic rings. The Hall–Kier alpha value is -2.86. The quantitative estimate of drug-likeness (QED) is 0.398. The Morgan fingerprint density at radius 2 is 1.72 bits per heavy atom. The van der Waals surface area contributed by atoms with Gasteiger partial charge in [-0.2, -0.15) is 0 Å². The molecule has 6 heterocycles. The number of carbonyl (C=O) groups excluding carboxylic acids is 3. The van der Waals surface area contributed by atoms with Crippen molar-refractivity contribution in [3.05, 3.63) is 44.6 Å². The Morgan fingerprint density at radius 1 is 1.00 bits per heavy atom. The lowest BCUT2D eigenvalue weighted by atomic mass is 9.91. The zero-order valence-electron chi connectivity index (χ0n) is 27.6. The molecule has 1 aromatic heterocycles. The van der Waals surface area contributed by atoms with E-state index < -0.39 is 5.92 Å². The second-order valence-electron chi connectivity index (χ2n) is 14.3. The molecular weight excluding hydrogens is 634 g/mol.